The van der Waals surface area contributed by atoms with Crippen LogP contribution in [0.25, 0.3) is 0 Å². The molecule has 1 N–H and O–H groups in total. The molecule has 5 heteroatoms. The third kappa shape index (κ3) is 50.2. The lowest BCUT2D eigenvalue weighted by atomic mass is 10.0. The van der Waals surface area contributed by atoms with Crippen molar-refractivity contribution in [2.24, 2.45) is 0 Å². The lowest BCUT2D eigenvalue weighted by molar-refractivity contribution is -0.161. The molecule has 5 nitrogen and oxygen atoms in total. The molecule has 0 bridgehead atoms. The van der Waals surface area contributed by atoms with Gasteiger partial charge in [-0.25, -0.2) is 0 Å². The van der Waals surface area contributed by atoms with Crippen molar-refractivity contribution in [3.8, 4) is 0 Å². The second kappa shape index (κ2) is 52.9. The van der Waals surface area contributed by atoms with Crippen LogP contribution < -0.4 is 0 Å². The number of esters is 2. The van der Waals surface area contributed by atoms with Crippen LogP contribution in [0.3, 0.4) is 0 Å². The van der Waals surface area contributed by atoms with Gasteiger partial charge in [0, 0.05) is 12.8 Å². The molecule has 0 heterocycles. The van der Waals surface area contributed by atoms with Crippen LogP contribution in [-0.2, 0) is 19.1 Å². The van der Waals surface area contributed by atoms with Crippen LogP contribution in [0, 0.1) is 0 Å². The second-order valence-electron chi connectivity index (χ2n) is 17.9. The number of allylic oxidation sites excluding steroid dienone is 10. The van der Waals surface area contributed by atoms with Gasteiger partial charge in [0.15, 0.2) is 6.10 Å². The quantitative estimate of drug-likeness (QED) is 0.0375. The lowest BCUT2D eigenvalue weighted by Gasteiger charge is -2.15. The summed E-state index contributed by atoms with van der Waals surface area (Å²) in [5.41, 5.74) is 0. The van der Waals surface area contributed by atoms with Gasteiger partial charge in [-0.2, -0.15) is 0 Å². The van der Waals surface area contributed by atoms with Crippen LogP contribution in [0.2, 0.25) is 0 Å². The predicted octanol–water partition coefficient (Wildman–Crippen LogP) is 17.9. The SMILES string of the molecule is CC/C=C\C/C=C\C/C=C\C/C=C\CCCCCCC(=O)OC(CO)COC(=O)CCCCCCCCCCCCCCCCCCCCC/C=C\CCCCCCCCCC. The van der Waals surface area contributed by atoms with Gasteiger partial charge in [-0.05, 0) is 77.0 Å². The van der Waals surface area contributed by atoms with Gasteiger partial charge >= 0.3 is 11.9 Å². The molecule has 0 amide bonds. The largest absolute Gasteiger partial charge is 0.462 e. The van der Waals surface area contributed by atoms with Gasteiger partial charge < -0.3 is 14.6 Å². The Morgan fingerprint density at radius 2 is 0.694 bits per heavy atom. The van der Waals surface area contributed by atoms with E-state index in [1.54, 1.807) is 0 Å². The normalized spacial score (nSPS) is 12.6. The summed E-state index contributed by atoms with van der Waals surface area (Å²) in [5, 5.41) is 9.62. The van der Waals surface area contributed by atoms with Crippen LogP contribution in [0.1, 0.15) is 271 Å². The second-order valence-corrected chi connectivity index (χ2v) is 17.9. The van der Waals surface area contributed by atoms with E-state index < -0.39 is 6.10 Å². The molecule has 360 valence electrons. The summed E-state index contributed by atoms with van der Waals surface area (Å²) in [4.78, 5) is 24.4. The van der Waals surface area contributed by atoms with Gasteiger partial charge in [-0.15, -0.1) is 0 Å². The Morgan fingerprint density at radius 3 is 1.06 bits per heavy atom. The fourth-order valence-electron chi connectivity index (χ4n) is 7.78. The van der Waals surface area contributed by atoms with E-state index in [9.17, 15) is 14.7 Å². The van der Waals surface area contributed by atoms with Gasteiger partial charge in [-0.1, -0.05) is 242 Å². The zero-order chi connectivity index (χ0) is 44.9. The van der Waals surface area contributed by atoms with Crippen LogP contribution in [0.5, 0.6) is 0 Å². The molecule has 0 spiro atoms. The number of carbonyl (C=O) groups excluding carboxylic acids is 2. The first-order valence-corrected chi connectivity index (χ1v) is 26.8. The fourth-order valence-corrected chi connectivity index (χ4v) is 7.78. The molecule has 0 aliphatic carbocycles. The third-order valence-electron chi connectivity index (χ3n) is 11.8. The van der Waals surface area contributed by atoms with E-state index >= 15 is 0 Å². The van der Waals surface area contributed by atoms with Crippen LogP contribution in [0.15, 0.2) is 60.8 Å². The Morgan fingerprint density at radius 1 is 0.387 bits per heavy atom. The zero-order valence-electron chi connectivity index (χ0n) is 41.1. The van der Waals surface area contributed by atoms with E-state index in [0.717, 1.165) is 77.0 Å². The minimum atomic E-state index is -0.786. The summed E-state index contributed by atoms with van der Waals surface area (Å²) in [6.45, 7) is 4.03. The number of hydrogen-bond donors (Lipinski definition) is 1. The predicted molar refractivity (Wildman–Crippen MR) is 270 cm³/mol. The summed E-state index contributed by atoms with van der Waals surface area (Å²) in [6.07, 6.45) is 70.5. The molecule has 0 fully saturated rings. The molecule has 0 aromatic heterocycles. The maximum Gasteiger partial charge on any atom is 0.306 e. The van der Waals surface area contributed by atoms with Crippen molar-refractivity contribution in [1.82, 2.24) is 0 Å². The summed E-state index contributed by atoms with van der Waals surface area (Å²) in [6, 6.07) is 0. The standard InChI is InChI=1S/C57H102O5/c1-3-5-7-9-11-13-15-17-19-21-22-23-24-25-26-27-28-29-30-31-32-33-34-36-37-39-41-43-45-47-49-51-56(59)61-54-55(53-58)62-57(60)52-50-48-46-44-42-40-38-35-20-18-16-14-12-10-8-6-4-2/h6,8,12,14,18,20-22,38,40,55,58H,3-5,7,9-11,13,15-17,19,23-37,39,41-54H2,1-2H3/b8-6-,14-12-,20-18-,22-21-,40-38-. The van der Waals surface area contributed by atoms with Crippen LogP contribution in [0.4, 0.5) is 0 Å². The molecular weight excluding hydrogens is 765 g/mol. The smallest absolute Gasteiger partial charge is 0.306 e. The first-order valence-electron chi connectivity index (χ1n) is 26.8. The van der Waals surface area contributed by atoms with E-state index in [0.29, 0.717) is 12.8 Å². The van der Waals surface area contributed by atoms with Crippen molar-refractivity contribution in [2.75, 3.05) is 13.2 Å². The summed E-state index contributed by atoms with van der Waals surface area (Å²) in [7, 11) is 0. The molecule has 0 radical (unpaired) electrons. The minimum absolute atomic E-state index is 0.0754. The molecule has 0 saturated carbocycles. The van der Waals surface area contributed by atoms with Crippen molar-refractivity contribution >= 4 is 11.9 Å². The average Bonchev–Trinajstić information content (AvgIpc) is 3.28. The Labute approximate surface area is 385 Å². The van der Waals surface area contributed by atoms with E-state index in [4.69, 9.17) is 9.47 Å². The monoisotopic (exact) mass is 867 g/mol. The highest BCUT2D eigenvalue weighted by molar-refractivity contribution is 5.70. The van der Waals surface area contributed by atoms with E-state index in [-0.39, 0.29) is 25.2 Å². The first kappa shape index (κ1) is 59.6. The van der Waals surface area contributed by atoms with Crippen molar-refractivity contribution < 1.29 is 24.2 Å². The Hall–Kier alpha value is -2.40. The van der Waals surface area contributed by atoms with Crippen molar-refractivity contribution in [3.63, 3.8) is 0 Å². The van der Waals surface area contributed by atoms with Gasteiger partial charge in [-0.3, -0.25) is 9.59 Å². The van der Waals surface area contributed by atoms with E-state index in [1.807, 2.05) is 0 Å². The van der Waals surface area contributed by atoms with Gasteiger partial charge in [0.25, 0.3) is 0 Å². The maximum atomic E-state index is 12.2. The van der Waals surface area contributed by atoms with Crippen molar-refractivity contribution in [2.45, 2.75) is 277 Å². The lowest BCUT2D eigenvalue weighted by Crippen LogP contribution is -2.28. The number of hydrogen-bond acceptors (Lipinski definition) is 5. The molecule has 0 aliphatic heterocycles. The highest BCUT2D eigenvalue weighted by Gasteiger charge is 2.16. The average molecular weight is 867 g/mol. The van der Waals surface area contributed by atoms with Gasteiger partial charge in [0.05, 0.1) is 6.61 Å². The van der Waals surface area contributed by atoms with Crippen molar-refractivity contribution in [3.05, 3.63) is 60.8 Å². The van der Waals surface area contributed by atoms with E-state index in [1.165, 1.54) is 167 Å². The highest BCUT2D eigenvalue weighted by atomic mass is 16.6. The molecule has 0 saturated heterocycles. The number of carbonyl (C=O) groups is 2. The zero-order valence-corrected chi connectivity index (χ0v) is 41.1. The fraction of sp³-hybridized carbons (Fsp3) is 0.789. The van der Waals surface area contributed by atoms with E-state index in [2.05, 4.69) is 74.6 Å². The number of rotatable bonds is 49. The molecule has 0 aromatic carbocycles. The van der Waals surface area contributed by atoms with Gasteiger partial charge in [0.1, 0.15) is 6.61 Å². The Balaban J connectivity index is 3.45. The molecule has 0 aromatic rings. The number of aliphatic hydroxyl groups is 1. The molecule has 1 unspecified atom stereocenters. The molecule has 0 aliphatic rings. The first-order chi connectivity index (χ1) is 30.6. The minimum Gasteiger partial charge on any atom is -0.462 e. The third-order valence-corrected chi connectivity index (χ3v) is 11.8. The van der Waals surface area contributed by atoms with Crippen LogP contribution in [-0.4, -0.2) is 36.4 Å². The summed E-state index contributed by atoms with van der Waals surface area (Å²) >= 11 is 0. The summed E-state index contributed by atoms with van der Waals surface area (Å²) in [5.74, 6) is -0.611. The Bertz CT molecular complexity index is 1070. The maximum absolute atomic E-state index is 12.2. The molecule has 62 heavy (non-hydrogen) atoms. The Kier molecular flexibility index (Phi) is 50.9. The highest BCUT2D eigenvalue weighted by Crippen LogP contribution is 2.16. The van der Waals surface area contributed by atoms with Gasteiger partial charge in [0.2, 0.25) is 0 Å². The molecule has 1 atom stereocenters. The summed E-state index contributed by atoms with van der Waals surface area (Å²) < 4.78 is 10.7. The van der Waals surface area contributed by atoms with Crippen molar-refractivity contribution in [1.29, 1.82) is 0 Å². The molecule has 0 rings (SSSR count). The topological polar surface area (TPSA) is 72.8 Å². The number of unbranched alkanes of at least 4 members (excludes halogenated alkanes) is 31. The molecular formula is C57H102O5. The van der Waals surface area contributed by atoms with Crippen LogP contribution >= 0.6 is 0 Å². The number of ether oxygens (including phenoxy) is 2. The number of aliphatic hydroxyl groups excluding tert-OH is 1.